The number of amides is 1. The van der Waals surface area contributed by atoms with E-state index < -0.39 is 4.92 Å². The average Bonchev–Trinajstić information content (AvgIpc) is 2.85. The van der Waals surface area contributed by atoms with Crippen LogP contribution >= 0.6 is 11.6 Å². The maximum Gasteiger partial charge on any atom is 0.271 e. The number of hydrogen-bond acceptors (Lipinski definition) is 4. The van der Waals surface area contributed by atoms with E-state index in [1.807, 2.05) is 18.2 Å². The van der Waals surface area contributed by atoms with Crippen LogP contribution in [0.25, 0.3) is 0 Å². The molecule has 0 bridgehead atoms. The van der Waals surface area contributed by atoms with Gasteiger partial charge in [-0.1, -0.05) is 23.7 Å². The van der Waals surface area contributed by atoms with Crippen LogP contribution in [0.15, 0.2) is 30.3 Å². The second-order valence-corrected chi connectivity index (χ2v) is 5.85. The number of halogens is 1. The largest absolute Gasteiger partial charge is 0.380 e. The highest BCUT2D eigenvalue weighted by Crippen LogP contribution is 2.31. The number of hydrogen-bond donors (Lipinski definition) is 2. The van der Waals surface area contributed by atoms with Crippen LogP contribution in [0.1, 0.15) is 16.7 Å². The van der Waals surface area contributed by atoms with E-state index in [4.69, 9.17) is 11.6 Å². The van der Waals surface area contributed by atoms with Gasteiger partial charge in [0, 0.05) is 24.4 Å². The zero-order valence-electron chi connectivity index (χ0n) is 12.4. The summed E-state index contributed by atoms with van der Waals surface area (Å²) in [4.78, 5) is 21.7. The second kappa shape index (κ2) is 5.89. The predicted molar refractivity (Wildman–Crippen MR) is 88.9 cm³/mol. The van der Waals surface area contributed by atoms with Crippen molar-refractivity contribution in [3.63, 3.8) is 0 Å². The molecule has 118 valence electrons. The van der Waals surface area contributed by atoms with E-state index >= 15 is 0 Å². The summed E-state index contributed by atoms with van der Waals surface area (Å²) in [6.07, 6.45) is 0.389. The lowest BCUT2D eigenvalue weighted by atomic mass is 10.1. The topological polar surface area (TPSA) is 84.3 Å². The Hall–Kier alpha value is -2.60. The summed E-state index contributed by atoms with van der Waals surface area (Å²) in [5.74, 6) is -0.000586. The second-order valence-electron chi connectivity index (χ2n) is 5.45. The molecule has 1 amide bonds. The Bertz CT molecular complexity index is 797. The van der Waals surface area contributed by atoms with E-state index in [1.54, 1.807) is 6.92 Å². The van der Waals surface area contributed by atoms with Gasteiger partial charge in [-0.15, -0.1) is 0 Å². The molecule has 3 rings (SSSR count). The van der Waals surface area contributed by atoms with E-state index in [1.165, 1.54) is 12.1 Å². The van der Waals surface area contributed by atoms with Crippen LogP contribution in [0.4, 0.5) is 17.1 Å². The number of anilines is 2. The molecule has 1 heterocycles. The lowest BCUT2D eigenvalue weighted by Gasteiger charge is -2.12. The number of nitro groups is 1. The molecule has 2 aromatic rings. The monoisotopic (exact) mass is 331 g/mol. The standard InChI is InChI=1S/C16H14ClN3O3/c1-9-4-12(20(22)23)7-13(17)16(9)18-8-10-2-3-14-11(5-10)6-15(21)19-14/h2-5,7,18H,6,8H2,1H3,(H,19,21). The molecule has 2 aromatic carbocycles. The number of rotatable bonds is 4. The number of non-ortho nitro benzene ring substituents is 1. The molecular formula is C16H14ClN3O3. The first-order chi connectivity index (χ1) is 10.9. The van der Waals surface area contributed by atoms with Gasteiger partial charge in [-0.3, -0.25) is 14.9 Å². The van der Waals surface area contributed by atoms with Crippen molar-refractivity contribution in [2.75, 3.05) is 10.6 Å². The fraction of sp³-hybridized carbons (Fsp3) is 0.188. The summed E-state index contributed by atoms with van der Waals surface area (Å²) in [5, 5.41) is 17.1. The van der Waals surface area contributed by atoms with E-state index in [9.17, 15) is 14.9 Å². The van der Waals surface area contributed by atoms with Gasteiger partial charge >= 0.3 is 0 Å². The summed E-state index contributed by atoms with van der Waals surface area (Å²) >= 11 is 6.14. The first-order valence-corrected chi connectivity index (χ1v) is 7.42. The first-order valence-electron chi connectivity index (χ1n) is 7.04. The molecule has 0 saturated heterocycles. The van der Waals surface area contributed by atoms with Crippen LogP contribution in [0, 0.1) is 17.0 Å². The highest BCUT2D eigenvalue weighted by atomic mass is 35.5. The molecule has 0 radical (unpaired) electrons. The van der Waals surface area contributed by atoms with Crippen molar-refractivity contribution < 1.29 is 9.72 Å². The van der Waals surface area contributed by atoms with Gasteiger partial charge in [0.15, 0.2) is 0 Å². The average molecular weight is 332 g/mol. The predicted octanol–water partition coefficient (Wildman–Crippen LogP) is 3.66. The molecule has 2 N–H and O–H groups in total. The lowest BCUT2D eigenvalue weighted by molar-refractivity contribution is -0.384. The third-order valence-corrected chi connectivity index (χ3v) is 4.05. The Morgan fingerprint density at radius 2 is 2.13 bits per heavy atom. The highest BCUT2D eigenvalue weighted by molar-refractivity contribution is 6.33. The van der Waals surface area contributed by atoms with Crippen LogP contribution in [-0.4, -0.2) is 10.8 Å². The molecule has 0 unspecified atom stereocenters. The molecule has 0 saturated carbocycles. The Morgan fingerprint density at radius 3 is 2.83 bits per heavy atom. The van der Waals surface area contributed by atoms with E-state index in [2.05, 4.69) is 10.6 Å². The molecule has 1 aliphatic rings. The Kier molecular flexibility index (Phi) is 3.92. The number of fused-ring (bicyclic) bond motifs is 1. The van der Waals surface area contributed by atoms with Crippen LogP contribution in [0.2, 0.25) is 5.02 Å². The smallest absolute Gasteiger partial charge is 0.271 e. The van der Waals surface area contributed by atoms with Gasteiger partial charge in [0.25, 0.3) is 5.69 Å². The van der Waals surface area contributed by atoms with Crippen molar-refractivity contribution in [1.82, 2.24) is 0 Å². The van der Waals surface area contributed by atoms with Gasteiger partial charge in [-0.2, -0.15) is 0 Å². The van der Waals surface area contributed by atoms with Crippen LogP contribution in [0.3, 0.4) is 0 Å². The Balaban J connectivity index is 1.78. The molecule has 0 spiro atoms. The summed E-state index contributed by atoms with van der Waals surface area (Å²) in [6.45, 7) is 2.28. The third-order valence-electron chi connectivity index (χ3n) is 3.75. The van der Waals surface area contributed by atoms with E-state index in [0.29, 0.717) is 29.2 Å². The van der Waals surface area contributed by atoms with Gasteiger partial charge in [0.2, 0.25) is 5.91 Å². The van der Waals surface area contributed by atoms with Gasteiger partial charge < -0.3 is 10.6 Å². The maximum atomic E-state index is 11.4. The number of benzene rings is 2. The minimum atomic E-state index is -0.465. The van der Waals surface area contributed by atoms with Crippen molar-refractivity contribution in [2.45, 2.75) is 19.9 Å². The SMILES string of the molecule is Cc1cc([N+](=O)[O-])cc(Cl)c1NCc1ccc2c(c1)CC(=O)N2. The third kappa shape index (κ3) is 3.12. The quantitative estimate of drug-likeness (QED) is 0.661. The molecule has 6 nitrogen and oxygen atoms in total. The first kappa shape index (κ1) is 15.3. The molecule has 0 fully saturated rings. The number of nitrogens with zero attached hydrogens (tertiary/aromatic N) is 1. The van der Waals surface area contributed by atoms with Gasteiger partial charge in [0.1, 0.15) is 0 Å². The Morgan fingerprint density at radius 1 is 1.35 bits per heavy atom. The lowest BCUT2D eigenvalue weighted by Crippen LogP contribution is -2.03. The van der Waals surface area contributed by atoms with Crippen molar-refractivity contribution in [2.24, 2.45) is 0 Å². The fourth-order valence-corrected chi connectivity index (χ4v) is 2.97. The van der Waals surface area contributed by atoms with E-state index in [0.717, 1.165) is 16.8 Å². The van der Waals surface area contributed by atoms with Crippen molar-refractivity contribution in [3.8, 4) is 0 Å². The normalized spacial score (nSPS) is 12.7. The number of nitro benzene ring substituents is 1. The zero-order valence-corrected chi connectivity index (χ0v) is 13.1. The molecule has 0 aliphatic carbocycles. The van der Waals surface area contributed by atoms with Crippen LogP contribution in [0.5, 0.6) is 0 Å². The summed E-state index contributed by atoms with van der Waals surface area (Å²) in [7, 11) is 0. The molecule has 1 aliphatic heterocycles. The molecule has 7 heteroatoms. The summed E-state index contributed by atoms with van der Waals surface area (Å²) in [6, 6.07) is 8.59. The molecule has 0 atom stereocenters. The van der Waals surface area contributed by atoms with Crippen molar-refractivity contribution in [1.29, 1.82) is 0 Å². The highest BCUT2D eigenvalue weighted by Gasteiger charge is 2.18. The van der Waals surface area contributed by atoms with Crippen molar-refractivity contribution in [3.05, 3.63) is 62.2 Å². The zero-order chi connectivity index (χ0) is 16.6. The summed E-state index contributed by atoms with van der Waals surface area (Å²) in [5.41, 5.74) is 4.19. The van der Waals surface area contributed by atoms with E-state index in [-0.39, 0.29) is 11.6 Å². The number of aryl methyl sites for hydroxylation is 1. The Labute approximate surface area is 137 Å². The minimum Gasteiger partial charge on any atom is -0.380 e. The number of carbonyl (C=O) groups excluding carboxylic acids is 1. The van der Waals surface area contributed by atoms with Crippen molar-refractivity contribution >= 4 is 34.6 Å². The minimum absolute atomic E-state index is 0.000586. The van der Waals surface area contributed by atoms with Crippen LogP contribution in [-0.2, 0) is 17.8 Å². The van der Waals surface area contributed by atoms with Gasteiger partial charge in [0.05, 0.1) is 22.1 Å². The van der Waals surface area contributed by atoms with Crippen LogP contribution < -0.4 is 10.6 Å². The molecular weight excluding hydrogens is 318 g/mol. The summed E-state index contributed by atoms with van der Waals surface area (Å²) < 4.78 is 0. The maximum absolute atomic E-state index is 11.4. The number of nitrogens with one attached hydrogen (secondary N) is 2. The van der Waals surface area contributed by atoms with Gasteiger partial charge in [-0.25, -0.2) is 0 Å². The van der Waals surface area contributed by atoms with Gasteiger partial charge in [-0.05, 0) is 29.7 Å². The fourth-order valence-electron chi connectivity index (χ4n) is 2.64. The number of carbonyl (C=O) groups is 1. The molecule has 0 aromatic heterocycles. The molecule has 23 heavy (non-hydrogen) atoms.